The third-order valence-electron chi connectivity index (χ3n) is 4.20. The maximum absolute atomic E-state index is 12.4. The number of hydrogen-bond acceptors (Lipinski definition) is 3. The molecule has 0 unspecified atom stereocenters. The zero-order chi connectivity index (χ0) is 14.5. The van der Waals surface area contributed by atoms with Gasteiger partial charge >= 0.3 is 5.97 Å². The predicted molar refractivity (Wildman–Crippen MR) is 74.3 cm³/mol. The predicted octanol–water partition coefficient (Wildman–Crippen LogP) is 1.97. The fourth-order valence-corrected chi connectivity index (χ4v) is 3.11. The van der Waals surface area contributed by atoms with E-state index >= 15 is 0 Å². The van der Waals surface area contributed by atoms with Crippen molar-refractivity contribution in [3.63, 3.8) is 0 Å². The van der Waals surface area contributed by atoms with Gasteiger partial charge < -0.3 is 14.7 Å². The molecule has 0 radical (unpaired) electrons. The molecule has 0 aromatic rings. The Kier molecular flexibility index (Phi) is 5.17. The summed E-state index contributed by atoms with van der Waals surface area (Å²) in [5.74, 6) is -0.814. The van der Waals surface area contributed by atoms with Crippen molar-refractivity contribution in [2.24, 2.45) is 0 Å². The first kappa shape index (κ1) is 15.0. The summed E-state index contributed by atoms with van der Waals surface area (Å²) in [5, 5.41) is 8.96. The molecule has 2 rings (SSSR count). The summed E-state index contributed by atoms with van der Waals surface area (Å²) in [6.07, 6.45) is 7.59. The van der Waals surface area contributed by atoms with Crippen molar-refractivity contribution in [1.82, 2.24) is 4.90 Å². The molecule has 0 saturated carbocycles. The van der Waals surface area contributed by atoms with Gasteiger partial charge in [0.2, 0.25) is 5.91 Å². The normalized spacial score (nSPS) is 26.4. The fourth-order valence-electron chi connectivity index (χ4n) is 3.11. The molecule has 0 aromatic carbocycles. The third-order valence-corrected chi connectivity index (χ3v) is 4.20. The van der Waals surface area contributed by atoms with Crippen LogP contribution in [-0.2, 0) is 14.3 Å². The first-order chi connectivity index (χ1) is 9.60. The molecular formula is C15H23NO4. The molecule has 2 atom stereocenters. The zero-order valence-electron chi connectivity index (χ0n) is 12.0. The van der Waals surface area contributed by atoms with Crippen LogP contribution in [0.2, 0.25) is 0 Å². The first-order valence-corrected chi connectivity index (χ1v) is 7.32. The molecule has 1 N–H and O–H groups in total. The van der Waals surface area contributed by atoms with E-state index in [-0.39, 0.29) is 24.5 Å². The average molecular weight is 281 g/mol. The molecule has 2 aliphatic rings. The van der Waals surface area contributed by atoms with Gasteiger partial charge in [0, 0.05) is 26.1 Å². The van der Waals surface area contributed by atoms with E-state index in [0.717, 1.165) is 19.3 Å². The monoisotopic (exact) mass is 281 g/mol. The van der Waals surface area contributed by atoms with Crippen LogP contribution < -0.4 is 0 Å². The van der Waals surface area contributed by atoms with E-state index in [9.17, 15) is 9.59 Å². The number of carboxylic acid groups (broad SMARTS) is 1. The van der Waals surface area contributed by atoms with Crippen LogP contribution in [0.15, 0.2) is 11.6 Å². The van der Waals surface area contributed by atoms with E-state index < -0.39 is 5.97 Å². The van der Waals surface area contributed by atoms with Crippen LogP contribution >= 0.6 is 0 Å². The van der Waals surface area contributed by atoms with E-state index in [0.29, 0.717) is 19.4 Å². The molecule has 112 valence electrons. The second-order valence-corrected chi connectivity index (χ2v) is 5.68. The minimum absolute atomic E-state index is 0.00461. The maximum atomic E-state index is 12.4. The summed E-state index contributed by atoms with van der Waals surface area (Å²) in [7, 11) is 1.61. The number of hydrogen-bond donors (Lipinski definition) is 1. The smallest absolute Gasteiger partial charge is 0.305 e. The van der Waals surface area contributed by atoms with E-state index in [2.05, 4.69) is 6.08 Å². The highest BCUT2D eigenvalue weighted by Crippen LogP contribution is 2.26. The van der Waals surface area contributed by atoms with Crippen LogP contribution in [0.5, 0.6) is 0 Å². The number of carboxylic acids is 1. The molecule has 0 aromatic heterocycles. The van der Waals surface area contributed by atoms with Gasteiger partial charge in [-0.2, -0.15) is 0 Å². The Morgan fingerprint density at radius 3 is 2.85 bits per heavy atom. The second kappa shape index (κ2) is 6.88. The van der Waals surface area contributed by atoms with Gasteiger partial charge in [0.25, 0.3) is 0 Å². The first-order valence-electron chi connectivity index (χ1n) is 7.32. The molecule has 20 heavy (non-hydrogen) atoms. The summed E-state index contributed by atoms with van der Waals surface area (Å²) >= 11 is 0. The van der Waals surface area contributed by atoms with Crippen molar-refractivity contribution in [2.45, 2.75) is 57.1 Å². The number of carbonyl (C=O) groups excluding carboxylic acids is 1. The van der Waals surface area contributed by atoms with Crippen molar-refractivity contribution in [3.8, 4) is 0 Å². The number of methoxy groups -OCH3 is 1. The molecule has 5 heteroatoms. The van der Waals surface area contributed by atoms with E-state index in [1.807, 2.05) is 0 Å². The summed E-state index contributed by atoms with van der Waals surface area (Å²) < 4.78 is 5.29. The Bertz CT molecular complexity index is 405. The van der Waals surface area contributed by atoms with Crippen molar-refractivity contribution in [3.05, 3.63) is 11.6 Å². The van der Waals surface area contributed by atoms with Gasteiger partial charge in [0.05, 0.1) is 12.5 Å². The van der Waals surface area contributed by atoms with Crippen molar-refractivity contribution in [2.75, 3.05) is 13.7 Å². The largest absolute Gasteiger partial charge is 0.481 e. The number of rotatable bonds is 5. The lowest BCUT2D eigenvalue weighted by Crippen LogP contribution is -2.37. The van der Waals surface area contributed by atoms with Crippen LogP contribution in [0.25, 0.3) is 0 Å². The number of nitrogens with zero attached hydrogens (tertiary/aromatic N) is 1. The highest BCUT2D eigenvalue weighted by atomic mass is 16.5. The lowest BCUT2D eigenvalue weighted by molar-refractivity contribution is -0.139. The van der Waals surface area contributed by atoms with Crippen LogP contribution in [0, 0.1) is 0 Å². The van der Waals surface area contributed by atoms with Gasteiger partial charge in [0.15, 0.2) is 0 Å². The third kappa shape index (κ3) is 3.82. The van der Waals surface area contributed by atoms with E-state index in [1.165, 1.54) is 12.0 Å². The molecular weight excluding hydrogens is 258 g/mol. The number of ether oxygens (including phenoxy) is 1. The molecule has 1 aliphatic heterocycles. The number of amides is 1. The Labute approximate surface area is 119 Å². The summed E-state index contributed by atoms with van der Waals surface area (Å²) in [6, 6.07) is -0.228. The van der Waals surface area contributed by atoms with E-state index in [4.69, 9.17) is 9.84 Å². The van der Waals surface area contributed by atoms with Crippen LogP contribution in [0.4, 0.5) is 0 Å². The quantitative estimate of drug-likeness (QED) is 0.782. The van der Waals surface area contributed by atoms with Gasteiger partial charge in [-0.15, -0.1) is 0 Å². The lowest BCUT2D eigenvalue weighted by atomic mass is 9.96. The Morgan fingerprint density at radius 1 is 1.45 bits per heavy atom. The van der Waals surface area contributed by atoms with Gasteiger partial charge in [-0.05, 0) is 32.1 Å². The number of aliphatic carboxylic acids is 1. The summed E-state index contributed by atoms with van der Waals surface area (Å²) in [4.78, 5) is 25.0. The number of likely N-dealkylation sites (tertiary alicyclic amines) is 1. The van der Waals surface area contributed by atoms with Crippen LogP contribution in [0.1, 0.15) is 44.9 Å². The lowest BCUT2D eigenvalue weighted by Gasteiger charge is -2.24. The molecule has 1 saturated heterocycles. The SMILES string of the molecule is CO[C@@H]1C[C@H](CC(=O)O)N(C(=O)CC2=CCCCC2)C1. The molecule has 0 bridgehead atoms. The summed E-state index contributed by atoms with van der Waals surface area (Å²) in [5.41, 5.74) is 1.20. The van der Waals surface area contributed by atoms with Crippen LogP contribution in [-0.4, -0.2) is 47.7 Å². The molecule has 5 nitrogen and oxygen atoms in total. The molecule has 1 amide bonds. The standard InChI is InChI=1S/C15H23NO4/c1-20-13-8-12(9-15(18)19)16(10-13)14(17)7-11-5-3-2-4-6-11/h5,12-13H,2-4,6-10H2,1H3,(H,18,19)/t12-,13-/m1/s1. The second-order valence-electron chi connectivity index (χ2n) is 5.68. The van der Waals surface area contributed by atoms with E-state index in [1.54, 1.807) is 12.0 Å². The highest BCUT2D eigenvalue weighted by Gasteiger charge is 2.36. The van der Waals surface area contributed by atoms with Gasteiger partial charge in [-0.3, -0.25) is 9.59 Å². The van der Waals surface area contributed by atoms with Gasteiger partial charge in [-0.25, -0.2) is 0 Å². The Hall–Kier alpha value is -1.36. The Balaban J connectivity index is 1.98. The molecule has 1 heterocycles. The van der Waals surface area contributed by atoms with Gasteiger partial charge in [0.1, 0.15) is 0 Å². The molecule has 0 spiro atoms. The molecule has 1 fully saturated rings. The zero-order valence-corrected chi connectivity index (χ0v) is 12.0. The minimum atomic E-state index is -0.860. The van der Waals surface area contributed by atoms with Crippen molar-refractivity contribution < 1.29 is 19.4 Å². The number of carbonyl (C=O) groups is 2. The maximum Gasteiger partial charge on any atom is 0.305 e. The molecule has 1 aliphatic carbocycles. The minimum Gasteiger partial charge on any atom is -0.481 e. The van der Waals surface area contributed by atoms with Crippen LogP contribution in [0.3, 0.4) is 0 Å². The highest BCUT2D eigenvalue weighted by molar-refractivity contribution is 5.80. The topological polar surface area (TPSA) is 66.8 Å². The van der Waals surface area contributed by atoms with Crippen molar-refractivity contribution >= 4 is 11.9 Å². The Morgan fingerprint density at radius 2 is 2.25 bits per heavy atom. The number of allylic oxidation sites excluding steroid dienone is 1. The average Bonchev–Trinajstić information content (AvgIpc) is 2.82. The van der Waals surface area contributed by atoms with Gasteiger partial charge in [-0.1, -0.05) is 11.6 Å². The fraction of sp³-hybridized carbons (Fsp3) is 0.733. The van der Waals surface area contributed by atoms with Crippen molar-refractivity contribution in [1.29, 1.82) is 0 Å². The summed E-state index contributed by atoms with van der Waals surface area (Å²) in [6.45, 7) is 0.514.